The van der Waals surface area contributed by atoms with Gasteiger partial charge in [0.05, 0.1) is 36.3 Å². The number of rotatable bonds is 2. The van der Waals surface area contributed by atoms with E-state index in [1.54, 1.807) is 0 Å². The van der Waals surface area contributed by atoms with Crippen LogP contribution in [0.4, 0.5) is 5.69 Å². The van der Waals surface area contributed by atoms with Crippen LogP contribution in [-0.2, 0) is 11.3 Å². The van der Waals surface area contributed by atoms with Gasteiger partial charge in [-0.25, -0.2) is 0 Å². The summed E-state index contributed by atoms with van der Waals surface area (Å²) in [5, 5.41) is 0. The first-order valence-corrected chi connectivity index (χ1v) is 6.42. The van der Waals surface area contributed by atoms with Crippen LogP contribution in [0.5, 0.6) is 0 Å². The highest BCUT2D eigenvalue weighted by Crippen LogP contribution is 2.32. The largest absolute Gasteiger partial charge is 0.374 e. The summed E-state index contributed by atoms with van der Waals surface area (Å²) in [4.78, 5) is 6.83. The fourth-order valence-corrected chi connectivity index (χ4v) is 2.95. The van der Waals surface area contributed by atoms with Gasteiger partial charge in [-0.3, -0.25) is 4.98 Å². The number of morpholine rings is 1. The second-order valence-corrected chi connectivity index (χ2v) is 4.81. The molecule has 1 saturated heterocycles. The van der Waals surface area contributed by atoms with E-state index in [0.717, 1.165) is 18.8 Å². The lowest BCUT2D eigenvalue weighted by molar-refractivity contribution is 0.0256. The Hall–Kier alpha value is -1.13. The summed E-state index contributed by atoms with van der Waals surface area (Å²) in [6, 6.07) is 4.71. The van der Waals surface area contributed by atoms with Crippen LogP contribution >= 0.6 is 0 Å². The van der Waals surface area contributed by atoms with E-state index < -0.39 is 0 Å². The molecule has 2 N–H and O–H groups in total. The van der Waals surface area contributed by atoms with Gasteiger partial charge in [-0.1, -0.05) is 0 Å². The van der Waals surface area contributed by atoms with E-state index in [1.807, 2.05) is 12.3 Å². The standard InChI is InChI=1S/C13H19N3O/c14-8-10-4-5-11(9-15-10)16-6-7-17-13-3-1-2-12(13)16/h4-5,9,12-13H,1-3,6-8,14H2. The quantitative estimate of drug-likeness (QED) is 0.836. The van der Waals surface area contributed by atoms with Crippen molar-refractivity contribution in [2.75, 3.05) is 18.1 Å². The first kappa shape index (κ1) is 11.0. The van der Waals surface area contributed by atoms with Crippen LogP contribution < -0.4 is 10.6 Å². The van der Waals surface area contributed by atoms with Crippen molar-refractivity contribution in [1.29, 1.82) is 0 Å². The maximum Gasteiger partial charge on any atom is 0.0779 e. The topological polar surface area (TPSA) is 51.4 Å². The van der Waals surface area contributed by atoms with E-state index in [9.17, 15) is 0 Å². The molecule has 1 aliphatic carbocycles. The molecule has 0 aromatic carbocycles. The van der Waals surface area contributed by atoms with Crippen molar-refractivity contribution in [2.24, 2.45) is 5.73 Å². The lowest BCUT2D eigenvalue weighted by Gasteiger charge is -2.39. The minimum atomic E-state index is 0.429. The van der Waals surface area contributed by atoms with E-state index in [-0.39, 0.29) is 0 Å². The fourth-order valence-electron chi connectivity index (χ4n) is 2.95. The third kappa shape index (κ3) is 2.03. The first-order valence-electron chi connectivity index (χ1n) is 6.42. The second-order valence-electron chi connectivity index (χ2n) is 4.81. The average molecular weight is 233 g/mol. The lowest BCUT2D eigenvalue weighted by atomic mass is 10.1. The summed E-state index contributed by atoms with van der Waals surface area (Å²) in [5.41, 5.74) is 7.73. The SMILES string of the molecule is NCc1ccc(N2CCOC3CCCC32)cn1. The molecular weight excluding hydrogens is 214 g/mol. The Morgan fingerprint density at radius 2 is 2.35 bits per heavy atom. The minimum Gasteiger partial charge on any atom is -0.374 e. The van der Waals surface area contributed by atoms with E-state index in [0.29, 0.717) is 18.7 Å². The van der Waals surface area contributed by atoms with Gasteiger partial charge in [0, 0.05) is 13.1 Å². The third-order valence-electron chi connectivity index (χ3n) is 3.83. The fraction of sp³-hybridized carbons (Fsp3) is 0.615. The van der Waals surface area contributed by atoms with Crippen LogP contribution in [0.1, 0.15) is 25.0 Å². The maximum absolute atomic E-state index is 5.82. The predicted octanol–water partition coefficient (Wildman–Crippen LogP) is 1.30. The molecule has 0 spiro atoms. The number of ether oxygens (including phenoxy) is 1. The summed E-state index contributed by atoms with van der Waals surface area (Å²) in [5.74, 6) is 0. The molecule has 1 aromatic heterocycles. The normalized spacial score (nSPS) is 28.2. The van der Waals surface area contributed by atoms with E-state index in [4.69, 9.17) is 10.5 Å². The van der Waals surface area contributed by atoms with Gasteiger partial charge in [-0.2, -0.15) is 0 Å². The maximum atomic E-state index is 5.82. The Kier molecular flexibility index (Phi) is 2.99. The number of pyridine rings is 1. The first-order chi connectivity index (χ1) is 8.38. The molecule has 4 nitrogen and oxygen atoms in total. The van der Waals surface area contributed by atoms with E-state index in [2.05, 4.69) is 16.0 Å². The number of hydrogen-bond donors (Lipinski definition) is 1. The number of nitrogens with two attached hydrogens (primary N) is 1. The van der Waals surface area contributed by atoms with Gasteiger partial charge in [-0.15, -0.1) is 0 Å². The number of anilines is 1. The number of nitrogens with zero attached hydrogens (tertiary/aromatic N) is 2. The van der Waals surface area contributed by atoms with Crippen LogP contribution in [0.2, 0.25) is 0 Å². The number of aromatic nitrogens is 1. The Morgan fingerprint density at radius 3 is 3.12 bits per heavy atom. The molecule has 92 valence electrons. The molecule has 2 aliphatic rings. The molecule has 3 rings (SSSR count). The molecule has 0 radical (unpaired) electrons. The van der Waals surface area contributed by atoms with Gasteiger partial charge >= 0.3 is 0 Å². The van der Waals surface area contributed by atoms with E-state index >= 15 is 0 Å². The molecule has 1 aliphatic heterocycles. The van der Waals surface area contributed by atoms with Crippen LogP contribution in [-0.4, -0.2) is 30.3 Å². The van der Waals surface area contributed by atoms with Crippen LogP contribution in [0.3, 0.4) is 0 Å². The summed E-state index contributed by atoms with van der Waals surface area (Å²) in [6.07, 6.45) is 6.10. The zero-order valence-corrected chi connectivity index (χ0v) is 10.0. The van der Waals surface area contributed by atoms with Crippen LogP contribution in [0.25, 0.3) is 0 Å². The Balaban J connectivity index is 1.81. The zero-order chi connectivity index (χ0) is 11.7. The smallest absolute Gasteiger partial charge is 0.0779 e. The summed E-state index contributed by atoms with van der Waals surface area (Å²) in [6.45, 7) is 2.32. The highest BCUT2D eigenvalue weighted by atomic mass is 16.5. The van der Waals surface area contributed by atoms with Gasteiger partial charge in [0.25, 0.3) is 0 Å². The molecule has 0 bridgehead atoms. The van der Waals surface area contributed by atoms with Crippen LogP contribution in [0.15, 0.2) is 18.3 Å². The van der Waals surface area contributed by atoms with Gasteiger partial charge in [0.15, 0.2) is 0 Å². The molecule has 2 fully saturated rings. The molecule has 0 amide bonds. The third-order valence-corrected chi connectivity index (χ3v) is 3.83. The summed E-state index contributed by atoms with van der Waals surface area (Å²) < 4.78 is 5.82. The van der Waals surface area contributed by atoms with Gasteiger partial charge < -0.3 is 15.4 Å². The molecule has 2 heterocycles. The van der Waals surface area contributed by atoms with Crippen LogP contribution in [0, 0.1) is 0 Å². The van der Waals surface area contributed by atoms with Crippen molar-refractivity contribution in [3.63, 3.8) is 0 Å². The van der Waals surface area contributed by atoms with E-state index in [1.165, 1.54) is 24.9 Å². The monoisotopic (exact) mass is 233 g/mol. The minimum absolute atomic E-state index is 0.429. The van der Waals surface area contributed by atoms with Crippen molar-refractivity contribution in [1.82, 2.24) is 4.98 Å². The average Bonchev–Trinajstić information content (AvgIpc) is 2.87. The summed E-state index contributed by atoms with van der Waals surface area (Å²) in [7, 11) is 0. The molecule has 2 unspecified atom stereocenters. The highest BCUT2D eigenvalue weighted by Gasteiger charge is 2.36. The van der Waals surface area contributed by atoms with Crippen molar-refractivity contribution < 1.29 is 4.74 Å². The van der Waals surface area contributed by atoms with Crippen molar-refractivity contribution in [2.45, 2.75) is 38.0 Å². The van der Waals surface area contributed by atoms with Gasteiger partial charge in [0.2, 0.25) is 0 Å². The Bertz CT molecular complexity index is 379. The Labute approximate surface area is 102 Å². The predicted molar refractivity (Wildman–Crippen MR) is 66.9 cm³/mol. The van der Waals surface area contributed by atoms with Gasteiger partial charge in [-0.05, 0) is 31.4 Å². The summed E-state index contributed by atoms with van der Waals surface area (Å²) >= 11 is 0. The molecule has 1 saturated carbocycles. The molecule has 17 heavy (non-hydrogen) atoms. The van der Waals surface area contributed by atoms with Crippen molar-refractivity contribution in [3.05, 3.63) is 24.0 Å². The van der Waals surface area contributed by atoms with Gasteiger partial charge in [0.1, 0.15) is 0 Å². The lowest BCUT2D eigenvalue weighted by Crippen LogP contribution is -2.48. The number of fused-ring (bicyclic) bond motifs is 1. The van der Waals surface area contributed by atoms with Crippen molar-refractivity contribution >= 4 is 5.69 Å². The molecular formula is C13H19N3O. The van der Waals surface area contributed by atoms with Crippen molar-refractivity contribution in [3.8, 4) is 0 Å². The number of hydrogen-bond acceptors (Lipinski definition) is 4. The Morgan fingerprint density at radius 1 is 1.41 bits per heavy atom. The zero-order valence-electron chi connectivity index (χ0n) is 10.0. The molecule has 1 aromatic rings. The molecule has 2 atom stereocenters. The second kappa shape index (κ2) is 4.63. The highest BCUT2D eigenvalue weighted by molar-refractivity contribution is 5.46. The molecule has 4 heteroatoms.